The van der Waals surface area contributed by atoms with Gasteiger partial charge in [0.15, 0.2) is 0 Å². The highest BCUT2D eigenvalue weighted by Crippen LogP contribution is 2.28. The number of aromatic nitrogens is 1. The number of amidine groups is 1. The first-order valence-corrected chi connectivity index (χ1v) is 10.3. The Balaban J connectivity index is 1.76. The summed E-state index contributed by atoms with van der Waals surface area (Å²) in [7, 11) is -3.61. The summed E-state index contributed by atoms with van der Waals surface area (Å²) in [6.45, 7) is 5.60. The Hall–Kier alpha value is -2.94. The third-order valence-corrected chi connectivity index (χ3v) is 5.36. The zero-order chi connectivity index (χ0) is 20.5. The fourth-order valence-corrected chi connectivity index (χ4v) is 4.01. The molecule has 1 aromatic heterocycles. The van der Waals surface area contributed by atoms with Gasteiger partial charge in [0, 0.05) is 6.20 Å². The van der Waals surface area contributed by atoms with Gasteiger partial charge in [-0.15, -0.1) is 4.40 Å². The van der Waals surface area contributed by atoms with E-state index in [9.17, 15) is 13.2 Å². The smallest absolute Gasteiger partial charge is 0.270 e. The van der Waals surface area contributed by atoms with Crippen LogP contribution in [0.5, 0.6) is 5.75 Å². The molecule has 0 spiro atoms. The van der Waals surface area contributed by atoms with Gasteiger partial charge in [0.2, 0.25) is 0 Å². The lowest BCUT2D eigenvalue weighted by atomic mass is 10.0. The number of carbonyl (C=O) groups excluding carboxylic acids is 1. The Kier molecular flexibility index (Phi) is 5.12. The second-order valence-electron chi connectivity index (χ2n) is 7.29. The van der Waals surface area contributed by atoms with Crippen molar-refractivity contribution >= 4 is 21.8 Å². The van der Waals surface area contributed by atoms with Crippen LogP contribution in [0.2, 0.25) is 0 Å². The molecule has 0 saturated carbocycles. The number of carbonyl (C=O) groups is 1. The highest BCUT2D eigenvalue weighted by atomic mass is 32.2. The van der Waals surface area contributed by atoms with E-state index in [0.29, 0.717) is 22.6 Å². The molecule has 1 aliphatic heterocycles. The monoisotopic (exact) mass is 402 g/mol. The van der Waals surface area contributed by atoms with Crippen LogP contribution in [0, 0.1) is 6.92 Å². The number of ether oxygens (including phenoxy) is 1. The van der Waals surface area contributed by atoms with E-state index >= 15 is 0 Å². The Morgan fingerprint density at radius 1 is 1.29 bits per heavy atom. The number of amides is 1. The van der Waals surface area contributed by atoms with Gasteiger partial charge < -0.3 is 15.8 Å². The van der Waals surface area contributed by atoms with Crippen molar-refractivity contribution in [2.45, 2.75) is 32.1 Å². The summed E-state index contributed by atoms with van der Waals surface area (Å²) in [5, 5.41) is 2.90. The van der Waals surface area contributed by atoms with Crippen molar-refractivity contribution in [2.75, 3.05) is 6.61 Å². The number of aryl methyl sites for hydroxylation is 1. The van der Waals surface area contributed by atoms with Gasteiger partial charge in [0.25, 0.3) is 15.9 Å². The van der Waals surface area contributed by atoms with Gasteiger partial charge in [-0.25, -0.2) is 8.42 Å². The van der Waals surface area contributed by atoms with E-state index in [0.717, 1.165) is 5.56 Å². The van der Waals surface area contributed by atoms with Gasteiger partial charge >= 0.3 is 0 Å². The number of rotatable bonds is 5. The molecule has 0 unspecified atom stereocenters. The number of pyridine rings is 1. The van der Waals surface area contributed by atoms with Gasteiger partial charge in [-0.2, -0.15) is 0 Å². The first-order valence-electron chi connectivity index (χ1n) is 8.65. The molecule has 2 heterocycles. The molecule has 9 heteroatoms. The van der Waals surface area contributed by atoms with Crippen molar-refractivity contribution < 1.29 is 17.9 Å². The van der Waals surface area contributed by atoms with Crippen molar-refractivity contribution in [3.63, 3.8) is 0 Å². The highest BCUT2D eigenvalue weighted by Gasteiger charge is 2.27. The van der Waals surface area contributed by atoms with E-state index < -0.39 is 15.6 Å². The second kappa shape index (κ2) is 7.23. The zero-order valence-corrected chi connectivity index (χ0v) is 16.7. The number of nitrogens with zero attached hydrogens (tertiary/aromatic N) is 2. The normalized spacial score (nSPS) is 15.3. The maximum absolute atomic E-state index is 12.5. The van der Waals surface area contributed by atoms with E-state index in [2.05, 4.69) is 14.7 Å². The predicted octanol–water partition coefficient (Wildman–Crippen LogP) is 1.53. The molecular formula is C19H22N4O4S. The maximum atomic E-state index is 12.5. The van der Waals surface area contributed by atoms with E-state index in [1.165, 1.54) is 0 Å². The van der Waals surface area contributed by atoms with Gasteiger partial charge in [-0.05, 0) is 44.0 Å². The van der Waals surface area contributed by atoms with Crippen molar-refractivity contribution in [1.82, 2.24) is 10.3 Å². The number of hydrogen-bond donors (Lipinski definition) is 2. The number of sulfonamides is 1. The largest absolute Gasteiger partial charge is 0.490 e. The molecule has 8 nitrogen and oxygen atoms in total. The molecule has 0 aliphatic carbocycles. The molecule has 1 aliphatic rings. The Morgan fingerprint density at radius 3 is 2.75 bits per heavy atom. The van der Waals surface area contributed by atoms with Crippen LogP contribution in [-0.4, -0.2) is 37.3 Å². The van der Waals surface area contributed by atoms with Crippen LogP contribution < -0.4 is 15.8 Å². The lowest BCUT2D eigenvalue weighted by Gasteiger charge is -2.27. The minimum Gasteiger partial charge on any atom is -0.490 e. The van der Waals surface area contributed by atoms with Gasteiger partial charge in [0.1, 0.15) is 23.9 Å². The third-order valence-electron chi connectivity index (χ3n) is 4.21. The lowest BCUT2D eigenvalue weighted by Crippen LogP contribution is -2.48. The Morgan fingerprint density at radius 2 is 2.04 bits per heavy atom. The molecule has 0 bridgehead atoms. The molecule has 1 amide bonds. The molecule has 28 heavy (non-hydrogen) atoms. The minimum absolute atomic E-state index is 0.0946. The van der Waals surface area contributed by atoms with Crippen LogP contribution in [0.4, 0.5) is 0 Å². The summed E-state index contributed by atoms with van der Waals surface area (Å²) >= 11 is 0. The van der Waals surface area contributed by atoms with Crippen LogP contribution in [0.25, 0.3) is 0 Å². The van der Waals surface area contributed by atoms with Crippen molar-refractivity contribution in [3.05, 3.63) is 58.9 Å². The molecule has 148 valence electrons. The maximum Gasteiger partial charge on any atom is 0.270 e. The zero-order valence-electron chi connectivity index (χ0n) is 15.9. The quantitative estimate of drug-likeness (QED) is 0.782. The lowest BCUT2D eigenvalue weighted by molar-refractivity contribution is 0.0875. The van der Waals surface area contributed by atoms with Crippen LogP contribution in [0.15, 0.2) is 40.9 Å². The molecule has 3 N–H and O–H groups in total. The molecule has 2 aromatic rings. The predicted molar refractivity (Wildman–Crippen MR) is 106 cm³/mol. The SMILES string of the molecule is Cc1cccnc1C(=O)NC(C)(C)COc1cccc2c1C(N)=NS(=O)(=O)C2. The summed E-state index contributed by atoms with van der Waals surface area (Å²) in [5.74, 6) is -0.194. The number of benzene rings is 1. The topological polar surface area (TPSA) is 124 Å². The second-order valence-corrected chi connectivity index (χ2v) is 8.92. The standard InChI is InChI=1S/C19H22N4O4S/c1-12-6-5-9-21-16(12)18(24)22-19(2,3)11-27-14-8-4-7-13-10-28(25,26)23-17(20)15(13)14/h4-9H,10-11H2,1-3H3,(H2,20,23)(H,22,24). The van der Waals surface area contributed by atoms with E-state index in [4.69, 9.17) is 10.5 Å². The number of hydrogen-bond acceptors (Lipinski definition) is 6. The Bertz CT molecular complexity index is 1060. The molecule has 0 atom stereocenters. The van der Waals surface area contributed by atoms with Crippen molar-refractivity contribution in [3.8, 4) is 5.75 Å². The number of nitrogens with one attached hydrogen (secondary N) is 1. The van der Waals surface area contributed by atoms with Crippen LogP contribution in [0.1, 0.15) is 41.0 Å². The molecule has 0 fully saturated rings. The average molecular weight is 402 g/mol. The molecule has 0 radical (unpaired) electrons. The first kappa shape index (κ1) is 19.8. The molecule has 3 rings (SSSR count). The van der Waals surface area contributed by atoms with Crippen LogP contribution in [-0.2, 0) is 15.8 Å². The Labute approximate surface area is 163 Å². The fourth-order valence-electron chi connectivity index (χ4n) is 2.92. The summed E-state index contributed by atoms with van der Waals surface area (Å²) in [6, 6.07) is 8.66. The van der Waals surface area contributed by atoms with Gasteiger partial charge in [-0.1, -0.05) is 18.2 Å². The van der Waals surface area contributed by atoms with Gasteiger partial charge in [0.05, 0.1) is 16.9 Å². The van der Waals surface area contributed by atoms with E-state index in [1.807, 2.05) is 26.8 Å². The number of fused-ring (bicyclic) bond motifs is 1. The molecular weight excluding hydrogens is 380 g/mol. The summed E-state index contributed by atoms with van der Waals surface area (Å²) in [5.41, 5.74) is 7.28. The van der Waals surface area contributed by atoms with E-state index in [1.54, 1.807) is 30.5 Å². The number of nitrogens with two attached hydrogens (primary N) is 1. The highest BCUT2D eigenvalue weighted by molar-refractivity contribution is 7.89. The minimum atomic E-state index is -3.61. The summed E-state index contributed by atoms with van der Waals surface area (Å²) in [4.78, 5) is 16.6. The molecule has 1 aromatic carbocycles. The molecule has 0 saturated heterocycles. The van der Waals surface area contributed by atoms with Crippen LogP contribution in [0.3, 0.4) is 0 Å². The van der Waals surface area contributed by atoms with Crippen LogP contribution >= 0.6 is 0 Å². The summed E-state index contributed by atoms with van der Waals surface area (Å²) < 4.78 is 33.0. The first-order chi connectivity index (χ1) is 13.1. The fraction of sp³-hybridized carbons (Fsp3) is 0.316. The average Bonchev–Trinajstić information content (AvgIpc) is 2.58. The summed E-state index contributed by atoms with van der Waals surface area (Å²) in [6.07, 6.45) is 1.57. The van der Waals surface area contributed by atoms with Gasteiger partial charge in [-0.3, -0.25) is 9.78 Å². The van der Waals surface area contributed by atoms with Crippen molar-refractivity contribution in [2.24, 2.45) is 10.1 Å². The van der Waals surface area contributed by atoms with Crippen molar-refractivity contribution in [1.29, 1.82) is 0 Å². The van der Waals surface area contributed by atoms with E-state index in [-0.39, 0.29) is 24.1 Å². The third kappa shape index (κ3) is 4.30.